The number of imidazole rings is 1. The number of amides is 2. The van der Waals surface area contributed by atoms with E-state index in [4.69, 9.17) is 10.5 Å². The average molecular weight is 533 g/mol. The number of aryl methyl sites for hydroxylation is 1. The molecule has 1 aromatic heterocycles. The number of benzene rings is 1. The summed E-state index contributed by atoms with van der Waals surface area (Å²) < 4.78 is 47.3. The van der Waals surface area contributed by atoms with Crippen LogP contribution in [-0.2, 0) is 17.5 Å². The van der Waals surface area contributed by atoms with Crippen molar-refractivity contribution in [2.75, 3.05) is 6.61 Å². The Morgan fingerprint density at radius 2 is 1.97 bits per heavy atom. The zero-order chi connectivity index (χ0) is 27.0. The van der Waals surface area contributed by atoms with Crippen LogP contribution in [0.2, 0.25) is 0 Å². The first kappa shape index (κ1) is 26.2. The van der Waals surface area contributed by atoms with Gasteiger partial charge in [0.2, 0.25) is 0 Å². The van der Waals surface area contributed by atoms with E-state index in [1.807, 2.05) is 4.57 Å². The van der Waals surface area contributed by atoms with E-state index in [1.165, 1.54) is 12.1 Å². The Morgan fingerprint density at radius 1 is 1.21 bits per heavy atom. The molecule has 0 radical (unpaired) electrons. The van der Waals surface area contributed by atoms with Gasteiger partial charge in [0.25, 0.3) is 11.8 Å². The summed E-state index contributed by atoms with van der Waals surface area (Å²) in [7, 11) is 0. The molecule has 204 valence electrons. The lowest BCUT2D eigenvalue weighted by Crippen LogP contribution is -2.50. The van der Waals surface area contributed by atoms with Crippen molar-refractivity contribution in [2.45, 2.75) is 76.4 Å². The number of alkyl halides is 3. The minimum absolute atomic E-state index is 0.00171. The lowest BCUT2D eigenvalue weighted by Gasteiger charge is -2.37. The second-order valence-corrected chi connectivity index (χ2v) is 10.3. The Morgan fingerprint density at radius 3 is 2.66 bits per heavy atom. The number of carbonyl (C=O) groups is 2. The van der Waals surface area contributed by atoms with Gasteiger partial charge in [-0.15, -0.1) is 0 Å². The number of rotatable bonds is 8. The second kappa shape index (κ2) is 10.4. The van der Waals surface area contributed by atoms with Crippen molar-refractivity contribution in [2.24, 2.45) is 16.8 Å². The molecule has 1 aromatic carbocycles. The van der Waals surface area contributed by atoms with Crippen LogP contribution in [-0.4, -0.2) is 56.9 Å². The zero-order valence-corrected chi connectivity index (χ0v) is 21.1. The summed E-state index contributed by atoms with van der Waals surface area (Å²) in [5.74, 6) is -0.233. The van der Waals surface area contributed by atoms with Crippen LogP contribution in [0.4, 0.5) is 13.2 Å². The van der Waals surface area contributed by atoms with E-state index >= 15 is 0 Å². The normalized spacial score (nSPS) is 22.3. The molecular weight excluding hydrogens is 501 g/mol. The SMILES string of the molecule is Cc1ncn(CC2CC2)c1C(=O)NN=C(N)C1CC(N(C(=O)c2cccc(C(F)(F)F)c2)C2CC2)CCO1. The minimum Gasteiger partial charge on any atom is -0.384 e. The third-order valence-corrected chi connectivity index (χ3v) is 7.27. The first-order valence-corrected chi connectivity index (χ1v) is 12.9. The van der Waals surface area contributed by atoms with Crippen molar-refractivity contribution in [1.29, 1.82) is 0 Å². The Bertz CT molecular complexity index is 1240. The highest BCUT2D eigenvalue weighted by atomic mass is 19.4. The molecule has 2 amide bonds. The maximum Gasteiger partial charge on any atom is 0.416 e. The van der Waals surface area contributed by atoms with E-state index in [-0.39, 0.29) is 23.5 Å². The fourth-order valence-electron chi connectivity index (χ4n) is 4.93. The summed E-state index contributed by atoms with van der Waals surface area (Å²) >= 11 is 0. The van der Waals surface area contributed by atoms with Gasteiger partial charge in [0, 0.05) is 37.2 Å². The number of carbonyl (C=O) groups excluding carboxylic acids is 2. The van der Waals surface area contributed by atoms with E-state index in [0.717, 1.165) is 44.4 Å². The van der Waals surface area contributed by atoms with Gasteiger partial charge >= 0.3 is 6.18 Å². The third-order valence-electron chi connectivity index (χ3n) is 7.27. The van der Waals surface area contributed by atoms with Gasteiger partial charge in [-0.3, -0.25) is 9.59 Å². The molecule has 0 spiro atoms. The molecule has 2 aliphatic carbocycles. The molecule has 38 heavy (non-hydrogen) atoms. The molecule has 3 N–H and O–H groups in total. The molecule has 2 heterocycles. The van der Waals surface area contributed by atoms with E-state index in [1.54, 1.807) is 18.2 Å². The van der Waals surface area contributed by atoms with E-state index in [9.17, 15) is 22.8 Å². The quantitative estimate of drug-likeness (QED) is 0.307. The monoisotopic (exact) mass is 532 g/mol. The lowest BCUT2D eigenvalue weighted by molar-refractivity contribution is -0.137. The predicted octanol–water partition coefficient (Wildman–Crippen LogP) is 3.47. The molecule has 9 nitrogen and oxygen atoms in total. The molecule has 2 saturated carbocycles. The highest BCUT2D eigenvalue weighted by Crippen LogP contribution is 2.35. The largest absolute Gasteiger partial charge is 0.416 e. The van der Waals surface area contributed by atoms with Gasteiger partial charge in [-0.1, -0.05) is 6.07 Å². The van der Waals surface area contributed by atoms with Gasteiger partial charge in [0.05, 0.1) is 17.6 Å². The van der Waals surface area contributed by atoms with Gasteiger partial charge in [-0.05, 0) is 63.1 Å². The Balaban J connectivity index is 1.27. The molecule has 0 bridgehead atoms. The van der Waals surface area contributed by atoms with Crippen molar-refractivity contribution in [3.05, 3.63) is 53.1 Å². The topological polar surface area (TPSA) is 115 Å². The molecule has 1 aliphatic heterocycles. The van der Waals surface area contributed by atoms with Gasteiger partial charge in [0.15, 0.2) is 0 Å². The van der Waals surface area contributed by atoms with Crippen molar-refractivity contribution in [1.82, 2.24) is 19.9 Å². The standard InChI is InChI=1S/C26H31F3N6O3/c1-15-22(34(14-31-15)13-16-5-6-16)24(36)33-32-23(30)21-12-20(9-10-38-21)35(19-7-8-19)25(37)17-3-2-4-18(11-17)26(27,28)29/h2-4,11,14,16,19-21H,5-10,12-13H2,1H3,(H2,30,32)(H,33,36). The summed E-state index contributed by atoms with van der Waals surface area (Å²) in [6.07, 6.45) is 1.17. The number of nitrogens with two attached hydrogens (primary N) is 1. The number of hydrazone groups is 1. The van der Waals surface area contributed by atoms with Gasteiger partial charge in [-0.25, -0.2) is 10.4 Å². The summed E-state index contributed by atoms with van der Waals surface area (Å²) in [5, 5.41) is 4.08. The van der Waals surface area contributed by atoms with Crippen molar-refractivity contribution in [3.8, 4) is 0 Å². The maximum atomic E-state index is 13.4. The molecular formula is C26H31F3N6O3. The first-order valence-electron chi connectivity index (χ1n) is 12.9. The van der Waals surface area contributed by atoms with Crippen LogP contribution in [0.1, 0.15) is 70.6 Å². The average Bonchev–Trinajstić information content (AvgIpc) is 3.83. The van der Waals surface area contributed by atoms with Crippen LogP contribution < -0.4 is 11.2 Å². The number of nitrogens with one attached hydrogen (secondary N) is 1. The number of nitrogens with zero attached hydrogens (tertiary/aromatic N) is 4. The van der Waals surface area contributed by atoms with E-state index in [2.05, 4.69) is 15.5 Å². The summed E-state index contributed by atoms with van der Waals surface area (Å²) in [6, 6.07) is 4.19. The van der Waals surface area contributed by atoms with Gasteiger partial charge in [-0.2, -0.15) is 18.3 Å². The van der Waals surface area contributed by atoms with Gasteiger partial charge < -0.3 is 19.9 Å². The van der Waals surface area contributed by atoms with Crippen molar-refractivity contribution >= 4 is 17.6 Å². The Kier molecular flexibility index (Phi) is 7.17. The number of hydrogen-bond donors (Lipinski definition) is 2. The zero-order valence-electron chi connectivity index (χ0n) is 21.1. The molecule has 2 aromatic rings. The first-order chi connectivity index (χ1) is 18.1. The smallest absolute Gasteiger partial charge is 0.384 e. The summed E-state index contributed by atoms with van der Waals surface area (Å²) in [5.41, 5.74) is 8.86. The predicted molar refractivity (Wildman–Crippen MR) is 132 cm³/mol. The van der Waals surface area contributed by atoms with Crippen LogP contribution in [0.25, 0.3) is 0 Å². The Labute approximate surface area is 218 Å². The highest BCUT2D eigenvalue weighted by molar-refractivity contribution is 5.96. The van der Waals surface area contributed by atoms with Crippen molar-refractivity contribution < 1.29 is 27.5 Å². The van der Waals surface area contributed by atoms with Crippen LogP contribution in [0, 0.1) is 12.8 Å². The van der Waals surface area contributed by atoms with E-state index < -0.39 is 29.7 Å². The van der Waals surface area contributed by atoms with Crippen molar-refractivity contribution in [3.63, 3.8) is 0 Å². The van der Waals surface area contributed by atoms with E-state index in [0.29, 0.717) is 36.8 Å². The summed E-state index contributed by atoms with van der Waals surface area (Å²) in [4.78, 5) is 32.1. The van der Waals surface area contributed by atoms with Crippen LogP contribution in [0.3, 0.4) is 0 Å². The lowest BCUT2D eigenvalue weighted by atomic mass is 9.99. The second-order valence-electron chi connectivity index (χ2n) is 10.3. The number of amidine groups is 1. The fourth-order valence-corrected chi connectivity index (χ4v) is 4.93. The third kappa shape index (κ3) is 5.85. The molecule has 1 saturated heterocycles. The minimum atomic E-state index is -4.53. The number of halogens is 3. The molecule has 2 atom stereocenters. The highest BCUT2D eigenvalue weighted by Gasteiger charge is 2.41. The van der Waals surface area contributed by atoms with Crippen LogP contribution in [0.5, 0.6) is 0 Å². The molecule has 12 heteroatoms. The van der Waals surface area contributed by atoms with Gasteiger partial charge in [0.1, 0.15) is 17.6 Å². The fraction of sp³-hybridized carbons (Fsp3) is 0.538. The Hall–Kier alpha value is -3.41. The number of ether oxygens (including phenoxy) is 1. The number of aromatic nitrogens is 2. The molecule has 2 unspecified atom stereocenters. The number of hydrogen-bond acceptors (Lipinski definition) is 5. The molecule has 3 fully saturated rings. The van der Waals surface area contributed by atoms with Crippen LogP contribution in [0.15, 0.2) is 35.7 Å². The molecule has 5 rings (SSSR count). The van der Waals surface area contributed by atoms with Crippen LogP contribution >= 0.6 is 0 Å². The summed E-state index contributed by atoms with van der Waals surface area (Å²) in [6.45, 7) is 2.78. The maximum absolute atomic E-state index is 13.4. The molecule has 3 aliphatic rings.